The van der Waals surface area contributed by atoms with E-state index in [0.29, 0.717) is 11.6 Å². The molecule has 4 rings (SSSR count). The Balaban J connectivity index is 1.44. The minimum Gasteiger partial charge on any atom is -0.342 e. The largest absolute Gasteiger partial charge is 0.342 e. The number of aromatic nitrogens is 2. The van der Waals surface area contributed by atoms with Crippen molar-refractivity contribution in [2.24, 2.45) is 0 Å². The van der Waals surface area contributed by atoms with Gasteiger partial charge in [-0.05, 0) is 42.5 Å². The number of carbonyl (C=O) groups excluding carboxylic acids is 1. The van der Waals surface area contributed by atoms with Crippen LogP contribution in [0.3, 0.4) is 0 Å². The van der Waals surface area contributed by atoms with Crippen LogP contribution >= 0.6 is 11.3 Å². The summed E-state index contributed by atoms with van der Waals surface area (Å²) in [5, 5.41) is 4.45. The van der Waals surface area contributed by atoms with Gasteiger partial charge in [-0.15, -0.1) is 11.3 Å². The van der Waals surface area contributed by atoms with Gasteiger partial charge in [-0.25, -0.2) is 13.4 Å². The number of nitrogens with zero attached hydrogens (tertiary/aromatic N) is 2. The third-order valence-corrected chi connectivity index (χ3v) is 7.98. The zero-order chi connectivity index (χ0) is 19.0. The van der Waals surface area contributed by atoms with Crippen LogP contribution in [0, 0.1) is 0 Å². The lowest BCUT2D eigenvalue weighted by molar-refractivity contribution is -0.116. The third-order valence-electron chi connectivity index (χ3n) is 4.80. The molecule has 2 N–H and O–H groups in total. The molecule has 1 aliphatic carbocycles. The number of hydrogen-bond donors (Lipinski definition) is 2. The normalized spacial score (nSPS) is 15.2. The Labute approximate surface area is 161 Å². The SMILES string of the molecule is CN(CC(=O)Nc1ccc2nc(C3CCC3)[nH]c2c1)S(=O)(=O)c1cccs1. The first-order valence-corrected chi connectivity index (χ1v) is 11.0. The molecule has 1 fully saturated rings. The van der Waals surface area contributed by atoms with Crippen LogP contribution in [0.25, 0.3) is 11.0 Å². The zero-order valence-electron chi connectivity index (χ0n) is 14.8. The van der Waals surface area contributed by atoms with E-state index in [0.717, 1.165) is 45.3 Å². The maximum atomic E-state index is 12.4. The van der Waals surface area contributed by atoms with Crippen LogP contribution in [-0.2, 0) is 14.8 Å². The van der Waals surface area contributed by atoms with Crippen LogP contribution in [0.2, 0.25) is 0 Å². The van der Waals surface area contributed by atoms with Gasteiger partial charge in [-0.1, -0.05) is 12.5 Å². The van der Waals surface area contributed by atoms with Crippen molar-refractivity contribution in [1.82, 2.24) is 14.3 Å². The van der Waals surface area contributed by atoms with Crippen molar-refractivity contribution in [2.75, 3.05) is 18.9 Å². The van der Waals surface area contributed by atoms with E-state index in [1.165, 1.54) is 19.5 Å². The lowest BCUT2D eigenvalue weighted by atomic mass is 9.85. The van der Waals surface area contributed by atoms with Gasteiger partial charge >= 0.3 is 0 Å². The van der Waals surface area contributed by atoms with E-state index in [9.17, 15) is 13.2 Å². The van der Waals surface area contributed by atoms with Crippen molar-refractivity contribution >= 4 is 44.0 Å². The number of amides is 1. The smallest absolute Gasteiger partial charge is 0.252 e. The van der Waals surface area contributed by atoms with Gasteiger partial charge in [0, 0.05) is 18.7 Å². The molecule has 27 heavy (non-hydrogen) atoms. The molecule has 1 amide bonds. The lowest BCUT2D eigenvalue weighted by Gasteiger charge is -2.22. The van der Waals surface area contributed by atoms with Crippen LogP contribution in [0.5, 0.6) is 0 Å². The molecule has 0 radical (unpaired) electrons. The molecule has 0 saturated heterocycles. The summed E-state index contributed by atoms with van der Waals surface area (Å²) in [6.45, 7) is -0.255. The standard InChI is InChI=1S/C18H20N4O3S2/c1-22(27(24,25)17-6-3-9-26-17)11-16(23)19-13-7-8-14-15(10-13)21-18(20-14)12-4-2-5-12/h3,6-10,12H,2,4-5,11H2,1H3,(H,19,23)(H,20,21). The van der Waals surface area contributed by atoms with E-state index in [2.05, 4.69) is 15.3 Å². The second kappa shape index (κ2) is 7.06. The first kappa shape index (κ1) is 18.1. The molecule has 2 heterocycles. The summed E-state index contributed by atoms with van der Waals surface area (Å²) < 4.78 is 26.1. The molecule has 0 atom stereocenters. The van der Waals surface area contributed by atoms with Crippen LogP contribution in [0.4, 0.5) is 5.69 Å². The van der Waals surface area contributed by atoms with Crippen molar-refractivity contribution in [3.8, 4) is 0 Å². The second-order valence-electron chi connectivity index (χ2n) is 6.72. The van der Waals surface area contributed by atoms with E-state index >= 15 is 0 Å². The molecule has 1 saturated carbocycles. The highest BCUT2D eigenvalue weighted by Gasteiger charge is 2.24. The number of imidazole rings is 1. The summed E-state index contributed by atoms with van der Waals surface area (Å²) in [6, 6.07) is 8.66. The molecule has 2 aromatic heterocycles. The Kier molecular flexibility index (Phi) is 4.75. The fraction of sp³-hybridized carbons (Fsp3) is 0.333. The molecule has 0 bridgehead atoms. The Bertz CT molecular complexity index is 1070. The fourth-order valence-electron chi connectivity index (χ4n) is 3.03. The molecular weight excluding hydrogens is 384 g/mol. The highest BCUT2D eigenvalue weighted by Crippen LogP contribution is 2.35. The zero-order valence-corrected chi connectivity index (χ0v) is 16.4. The molecule has 1 aromatic carbocycles. The summed E-state index contributed by atoms with van der Waals surface area (Å²) in [4.78, 5) is 20.2. The van der Waals surface area contributed by atoms with Crippen LogP contribution in [-0.4, -0.2) is 42.2 Å². The molecule has 0 spiro atoms. The van der Waals surface area contributed by atoms with Crippen molar-refractivity contribution in [3.63, 3.8) is 0 Å². The lowest BCUT2D eigenvalue weighted by Crippen LogP contribution is -2.34. The summed E-state index contributed by atoms with van der Waals surface area (Å²) in [5.74, 6) is 1.11. The average Bonchev–Trinajstić information content (AvgIpc) is 3.22. The Morgan fingerprint density at radius 1 is 1.37 bits per heavy atom. The van der Waals surface area contributed by atoms with Gasteiger partial charge in [-0.3, -0.25) is 4.79 Å². The maximum Gasteiger partial charge on any atom is 0.252 e. The minimum atomic E-state index is -3.65. The molecule has 9 heteroatoms. The van der Waals surface area contributed by atoms with Gasteiger partial charge in [0.05, 0.1) is 17.6 Å². The minimum absolute atomic E-state index is 0.222. The molecule has 0 aliphatic heterocycles. The van der Waals surface area contributed by atoms with E-state index < -0.39 is 15.9 Å². The maximum absolute atomic E-state index is 12.4. The van der Waals surface area contributed by atoms with Gasteiger partial charge in [0.1, 0.15) is 10.0 Å². The predicted octanol–water partition coefficient (Wildman–Crippen LogP) is 3.15. The van der Waals surface area contributed by atoms with Crippen molar-refractivity contribution in [3.05, 3.63) is 41.5 Å². The highest BCUT2D eigenvalue weighted by molar-refractivity contribution is 7.91. The number of H-pyrrole nitrogens is 1. The number of fused-ring (bicyclic) bond motifs is 1. The van der Waals surface area contributed by atoms with Crippen LogP contribution < -0.4 is 5.32 Å². The van der Waals surface area contributed by atoms with E-state index in [1.54, 1.807) is 17.5 Å². The number of likely N-dealkylation sites (N-methyl/N-ethyl adjacent to an activating group) is 1. The summed E-state index contributed by atoms with van der Waals surface area (Å²) >= 11 is 1.13. The molecule has 1 aliphatic rings. The van der Waals surface area contributed by atoms with Crippen molar-refractivity contribution in [2.45, 2.75) is 29.4 Å². The monoisotopic (exact) mass is 404 g/mol. The van der Waals surface area contributed by atoms with Crippen molar-refractivity contribution < 1.29 is 13.2 Å². The topological polar surface area (TPSA) is 95.2 Å². The number of hydrogen-bond acceptors (Lipinski definition) is 5. The number of aromatic amines is 1. The number of benzene rings is 1. The fourth-order valence-corrected chi connectivity index (χ4v) is 5.36. The van der Waals surface area contributed by atoms with Crippen LogP contribution in [0.15, 0.2) is 39.9 Å². The van der Waals surface area contributed by atoms with E-state index in [1.807, 2.05) is 12.1 Å². The number of carbonyl (C=O) groups is 1. The first-order chi connectivity index (χ1) is 12.9. The van der Waals surface area contributed by atoms with E-state index in [-0.39, 0.29) is 10.8 Å². The Morgan fingerprint density at radius 3 is 2.85 bits per heavy atom. The van der Waals surface area contributed by atoms with E-state index in [4.69, 9.17) is 0 Å². The molecule has 142 valence electrons. The van der Waals surface area contributed by atoms with Crippen molar-refractivity contribution in [1.29, 1.82) is 0 Å². The first-order valence-electron chi connectivity index (χ1n) is 8.73. The number of rotatable bonds is 6. The number of nitrogens with one attached hydrogen (secondary N) is 2. The number of thiophene rings is 1. The Morgan fingerprint density at radius 2 is 2.19 bits per heavy atom. The molecule has 3 aromatic rings. The summed E-state index contributed by atoms with van der Waals surface area (Å²) in [6.07, 6.45) is 3.56. The van der Waals surface area contributed by atoms with Gasteiger partial charge in [0.25, 0.3) is 10.0 Å². The summed E-state index contributed by atoms with van der Waals surface area (Å²) in [7, 11) is -2.25. The average molecular weight is 405 g/mol. The van der Waals surface area contributed by atoms with Gasteiger partial charge in [-0.2, -0.15) is 4.31 Å². The van der Waals surface area contributed by atoms with Gasteiger partial charge in [0.2, 0.25) is 5.91 Å². The van der Waals surface area contributed by atoms with Crippen LogP contribution in [0.1, 0.15) is 31.0 Å². The molecular formula is C18H20N4O3S2. The highest BCUT2D eigenvalue weighted by atomic mass is 32.2. The predicted molar refractivity (Wildman–Crippen MR) is 105 cm³/mol. The van der Waals surface area contributed by atoms with Gasteiger partial charge in [0.15, 0.2) is 0 Å². The molecule has 0 unspecified atom stereocenters. The number of anilines is 1. The quantitative estimate of drug-likeness (QED) is 0.660. The Hall–Kier alpha value is -2.23. The molecule has 7 nitrogen and oxygen atoms in total. The summed E-state index contributed by atoms with van der Waals surface area (Å²) in [5.41, 5.74) is 2.35. The third kappa shape index (κ3) is 3.62. The second-order valence-corrected chi connectivity index (χ2v) is 9.94. The van der Waals surface area contributed by atoms with Gasteiger partial charge < -0.3 is 10.3 Å². The number of sulfonamides is 1.